The number of hydrogen-bond acceptors (Lipinski definition) is 4. The van der Waals surface area contributed by atoms with Gasteiger partial charge < -0.3 is 15.4 Å². The van der Waals surface area contributed by atoms with Gasteiger partial charge in [0, 0.05) is 26.3 Å². The topological polar surface area (TPSA) is 73.4 Å². The summed E-state index contributed by atoms with van der Waals surface area (Å²) in [6.07, 6.45) is 1.65. The summed E-state index contributed by atoms with van der Waals surface area (Å²) in [4.78, 5) is 13.7. The molecule has 2 heterocycles. The van der Waals surface area contributed by atoms with Gasteiger partial charge in [-0.25, -0.2) is 0 Å². The molecule has 0 saturated carbocycles. The molecule has 1 aromatic heterocycles. The van der Waals surface area contributed by atoms with Gasteiger partial charge in [0.05, 0.1) is 13.2 Å². The van der Waals surface area contributed by atoms with E-state index in [4.69, 9.17) is 10.5 Å². The van der Waals surface area contributed by atoms with Crippen molar-refractivity contribution in [2.45, 2.75) is 0 Å². The summed E-state index contributed by atoms with van der Waals surface area (Å²) in [6.45, 7) is 2.41. The van der Waals surface area contributed by atoms with Crippen LogP contribution in [0.15, 0.2) is 6.20 Å². The van der Waals surface area contributed by atoms with Crippen molar-refractivity contribution < 1.29 is 9.53 Å². The first-order chi connectivity index (χ1) is 7.18. The summed E-state index contributed by atoms with van der Waals surface area (Å²) in [7, 11) is 1.74. The molecule has 15 heavy (non-hydrogen) atoms. The second kappa shape index (κ2) is 3.90. The van der Waals surface area contributed by atoms with Gasteiger partial charge in [-0.3, -0.25) is 9.48 Å². The zero-order chi connectivity index (χ0) is 10.8. The molecule has 82 valence electrons. The second-order valence-electron chi connectivity index (χ2n) is 3.51. The molecule has 1 aliphatic rings. The predicted octanol–water partition coefficient (Wildman–Crippen LogP) is -0.525. The molecule has 0 aliphatic carbocycles. The first-order valence-electron chi connectivity index (χ1n) is 4.84. The van der Waals surface area contributed by atoms with Gasteiger partial charge in [-0.2, -0.15) is 5.10 Å². The number of nitrogens with zero attached hydrogens (tertiary/aromatic N) is 3. The molecule has 1 fully saturated rings. The number of nitrogens with two attached hydrogens (primary N) is 1. The summed E-state index contributed by atoms with van der Waals surface area (Å²) >= 11 is 0. The molecule has 1 amide bonds. The minimum Gasteiger partial charge on any atom is -0.382 e. The van der Waals surface area contributed by atoms with E-state index in [1.165, 1.54) is 0 Å². The van der Waals surface area contributed by atoms with Gasteiger partial charge in [-0.15, -0.1) is 0 Å². The number of anilines is 1. The van der Waals surface area contributed by atoms with Crippen molar-refractivity contribution in [1.29, 1.82) is 0 Å². The number of aromatic nitrogens is 2. The van der Waals surface area contributed by atoms with E-state index in [2.05, 4.69) is 5.10 Å². The summed E-state index contributed by atoms with van der Waals surface area (Å²) < 4.78 is 6.72. The van der Waals surface area contributed by atoms with E-state index in [0.717, 1.165) is 0 Å². The average molecular weight is 210 g/mol. The fourth-order valence-corrected chi connectivity index (χ4v) is 1.61. The number of carbonyl (C=O) groups is 1. The molecule has 6 heteroatoms. The molecule has 1 aliphatic heterocycles. The molecular formula is C9H14N4O2. The smallest absolute Gasteiger partial charge is 0.259 e. The number of carbonyl (C=O) groups excluding carboxylic acids is 1. The largest absolute Gasteiger partial charge is 0.382 e. The van der Waals surface area contributed by atoms with Gasteiger partial charge in [-0.05, 0) is 0 Å². The Morgan fingerprint density at radius 3 is 2.73 bits per heavy atom. The highest BCUT2D eigenvalue weighted by Gasteiger charge is 2.21. The molecule has 1 aromatic rings. The van der Waals surface area contributed by atoms with Gasteiger partial charge in [-0.1, -0.05) is 0 Å². The van der Waals surface area contributed by atoms with E-state index in [1.54, 1.807) is 22.8 Å². The molecule has 2 N–H and O–H groups in total. The van der Waals surface area contributed by atoms with E-state index in [0.29, 0.717) is 31.9 Å². The van der Waals surface area contributed by atoms with E-state index < -0.39 is 0 Å². The number of nitrogen functional groups attached to an aromatic ring is 1. The van der Waals surface area contributed by atoms with Crippen LogP contribution in [0.2, 0.25) is 0 Å². The number of morpholine rings is 1. The molecule has 0 aromatic carbocycles. The Kier molecular flexibility index (Phi) is 2.59. The SMILES string of the molecule is Cn1cc(C(=O)N2CCOCC2)c(N)n1. The van der Waals surface area contributed by atoms with E-state index in [-0.39, 0.29) is 11.7 Å². The van der Waals surface area contributed by atoms with Crippen molar-refractivity contribution in [2.24, 2.45) is 7.05 Å². The molecule has 6 nitrogen and oxygen atoms in total. The molecule has 0 unspecified atom stereocenters. The van der Waals surface area contributed by atoms with Gasteiger partial charge >= 0.3 is 0 Å². The minimum atomic E-state index is -0.0658. The van der Waals surface area contributed by atoms with Crippen LogP contribution in [0.4, 0.5) is 5.82 Å². The van der Waals surface area contributed by atoms with Crippen molar-refractivity contribution in [3.63, 3.8) is 0 Å². The lowest BCUT2D eigenvalue weighted by Crippen LogP contribution is -2.40. The summed E-state index contributed by atoms with van der Waals surface area (Å²) in [6, 6.07) is 0. The highest BCUT2D eigenvalue weighted by Crippen LogP contribution is 2.12. The highest BCUT2D eigenvalue weighted by molar-refractivity contribution is 5.98. The molecular weight excluding hydrogens is 196 g/mol. The Hall–Kier alpha value is -1.56. The normalized spacial score (nSPS) is 16.7. The van der Waals surface area contributed by atoms with Crippen LogP contribution in [0.25, 0.3) is 0 Å². The number of rotatable bonds is 1. The maximum absolute atomic E-state index is 12.0. The highest BCUT2D eigenvalue weighted by atomic mass is 16.5. The molecule has 0 radical (unpaired) electrons. The van der Waals surface area contributed by atoms with Gasteiger partial charge in [0.15, 0.2) is 5.82 Å². The molecule has 0 bridgehead atoms. The zero-order valence-electron chi connectivity index (χ0n) is 8.64. The fraction of sp³-hybridized carbons (Fsp3) is 0.556. The van der Waals surface area contributed by atoms with Crippen molar-refractivity contribution in [2.75, 3.05) is 32.0 Å². The Morgan fingerprint density at radius 1 is 1.53 bits per heavy atom. The van der Waals surface area contributed by atoms with Crippen molar-refractivity contribution in [1.82, 2.24) is 14.7 Å². The Bertz CT molecular complexity index is 368. The molecule has 0 spiro atoms. The van der Waals surface area contributed by atoms with Gasteiger partial charge in [0.1, 0.15) is 5.56 Å². The van der Waals surface area contributed by atoms with E-state index >= 15 is 0 Å². The lowest BCUT2D eigenvalue weighted by molar-refractivity contribution is 0.0303. The molecule has 0 atom stereocenters. The van der Waals surface area contributed by atoms with Crippen LogP contribution in [-0.2, 0) is 11.8 Å². The standard InChI is InChI=1S/C9H14N4O2/c1-12-6-7(8(10)11-12)9(14)13-2-4-15-5-3-13/h6H,2-5H2,1H3,(H2,10,11). The summed E-state index contributed by atoms with van der Waals surface area (Å²) in [5, 5.41) is 3.94. The fourth-order valence-electron chi connectivity index (χ4n) is 1.61. The maximum Gasteiger partial charge on any atom is 0.259 e. The van der Waals surface area contributed by atoms with Crippen molar-refractivity contribution >= 4 is 11.7 Å². The minimum absolute atomic E-state index is 0.0658. The number of hydrogen-bond donors (Lipinski definition) is 1. The third-order valence-electron chi connectivity index (χ3n) is 2.39. The van der Waals surface area contributed by atoms with Crippen LogP contribution in [0, 0.1) is 0 Å². The van der Waals surface area contributed by atoms with Crippen molar-refractivity contribution in [3.8, 4) is 0 Å². The maximum atomic E-state index is 12.0. The van der Waals surface area contributed by atoms with E-state index in [9.17, 15) is 4.79 Å². The van der Waals surface area contributed by atoms with Gasteiger partial charge in [0.2, 0.25) is 0 Å². The van der Waals surface area contributed by atoms with Crippen LogP contribution in [0.5, 0.6) is 0 Å². The Labute approximate surface area is 87.6 Å². The van der Waals surface area contributed by atoms with Gasteiger partial charge in [0.25, 0.3) is 5.91 Å². The second-order valence-corrected chi connectivity index (χ2v) is 3.51. The first-order valence-corrected chi connectivity index (χ1v) is 4.84. The molecule has 2 rings (SSSR count). The lowest BCUT2D eigenvalue weighted by atomic mass is 10.2. The van der Waals surface area contributed by atoms with Crippen LogP contribution in [0.3, 0.4) is 0 Å². The van der Waals surface area contributed by atoms with Crippen LogP contribution in [-0.4, -0.2) is 46.9 Å². The molecule has 1 saturated heterocycles. The lowest BCUT2D eigenvalue weighted by Gasteiger charge is -2.26. The zero-order valence-corrected chi connectivity index (χ0v) is 8.64. The summed E-state index contributed by atoms with van der Waals surface area (Å²) in [5.74, 6) is 0.220. The monoisotopic (exact) mass is 210 g/mol. The van der Waals surface area contributed by atoms with Crippen molar-refractivity contribution in [3.05, 3.63) is 11.8 Å². The number of aryl methyl sites for hydroxylation is 1. The van der Waals surface area contributed by atoms with Crippen LogP contribution < -0.4 is 5.73 Å². The summed E-state index contributed by atoms with van der Waals surface area (Å²) in [5.41, 5.74) is 6.11. The Morgan fingerprint density at radius 2 is 2.20 bits per heavy atom. The third-order valence-corrected chi connectivity index (χ3v) is 2.39. The average Bonchev–Trinajstić information content (AvgIpc) is 2.58. The number of ether oxygens (including phenoxy) is 1. The van der Waals surface area contributed by atoms with E-state index in [1.807, 2.05) is 0 Å². The van der Waals surface area contributed by atoms with Crippen LogP contribution >= 0.6 is 0 Å². The number of amides is 1. The Balaban J connectivity index is 2.16. The third kappa shape index (κ3) is 1.94. The van der Waals surface area contributed by atoms with Crippen LogP contribution in [0.1, 0.15) is 10.4 Å². The predicted molar refractivity (Wildman–Crippen MR) is 54.3 cm³/mol. The first kappa shape index (κ1) is 9.97. The quantitative estimate of drug-likeness (QED) is 0.676.